The van der Waals surface area contributed by atoms with Crippen LogP contribution in [0.3, 0.4) is 0 Å². The number of hydrogen-bond acceptors (Lipinski definition) is 5. The van der Waals surface area contributed by atoms with Crippen molar-refractivity contribution in [3.63, 3.8) is 0 Å². The molecule has 0 atom stereocenters. The molecule has 5 rings (SSSR count). The van der Waals surface area contributed by atoms with Crippen LogP contribution < -0.4 is 9.80 Å². The molecule has 0 radical (unpaired) electrons. The smallest absolute Gasteiger partial charge is 0.141 e. The first-order valence-electron chi connectivity index (χ1n) is 14.3. The lowest BCUT2D eigenvalue weighted by Gasteiger charge is -2.27. The van der Waals surface area contributed by atoms with E-state index in [9.17, 15) is 0 Å². The molecule has 0 fully saturated rings. The quantitative estimate of drug-likeness (QED) is 0.181. The number of nitrogens with zero attached hydrogens (tertiary/aromatic N) is 5. The fourth-order valence-electron chi connectivity index (χ4n) is 4.83. The molecule has 0 N–H and O–H groups in total. The molecule has 0 aliphatic carbocycles. The first-order chi connectivity index (χ1) is 19.6. The van der Waals surface area contributed by atoms with Gasteiger partial charge in [-0.25, -0.2) is 15.0 Å². The van der Waals surface area contributed by atoms with Crippen LogP contribution in [-0.4, -0.2) is 15.0 Å². The predicted molar refractivity (Wildman–Crippen MR) is 167 cm³/mol. The highest BCUT2D eigenvalue weighted by Crippen LogP contribution is 2.37. The minimum atomic E-state index is 0.801. The lowest BCUT2D eigenvalue weighted by Crippen LogP contribution is -2.17. The molecule has 0 bridgehead atoms. The third-order valence-electron chi connectivity index (χ3n) is 7.10. The number of anilines is 6. The Morgan fingerprint density at radius 2 is 0.800 bits per heavy atom. The second kappa shape index (κ2) is 12.6. The van der Waals surface area contributed by atoms with Crippen LogP contribution >= 0.6 is 0 Å². The van der Waals surface area contributed by atoms with Gasteiger partial charge in [-0.3, -0.25) is 9.80 Å². The number of rotatable bonds is 10. The molecule has 40 heavy (non-hydrogen) atoms. The molecule has 3 heterocycles. The molecule has 0 unspecified atom stereocenters. The number of pyridine rings is 3. The molecule has 3 aromatic heterocycles. The van der Waals surface area contributed by atoms with E-state index in [0.717, 1.165) is 71.7 Å². The van der Waals surface area contributed by atoms with Crippen molar-refractivity contribution in [3.8, 4) is 0 Å². The highest BCUT2D eigenvalue weighted by Gasteiger charge is 2.20. The normalized spacial score (nSPS) is 10.9. The second-order valence-electron chi connectivity index (χ2n) is 9.75. The summed E-state index contributed by atoms with van der Waals surface area (Å²) in [6, 6.07) is 35.8. The molecular weight excluding hydrogens is 490 g/mol. The maximum atomic E-state index is 5.27. The summed E-state index contributed by atoms with van der Waals surface area (Å²) in [6.07, 6.45) is 3.65. The average molecular weight is 528 g/mol. The van der Waals surface area contributed by atoms with E-state index in [1.807, 2.05) is 0 Å². The number of benzene rings is 2. The summed E-state index contributed by atoms with van der Waals surface area (Å²) in [5.74, 6) is 3.30. The Kier molecular flexibility index (Phi) is 8.50. The van der Waals surface area contributed by atoms with Gasteiger partial charge in [0.1, 0.15) is 23.3 Å². The molecule has 0 aliphatic rings. The topological polar surface area (TPSA) is 45.2 Å². The SMILES string of the molecule is CCc1cccc(N(c2cccc(CC)n2)c2cccc(N(c3cccc(CC)c3)c3cccc(CC)n3)n2)c1. The molecular formula is C35H37N5. The van der Waals surface area contributed by atoms with Crippen LogP contribution in [0.2, 0.25) is 0 Å². The summed E-state index contributed by atoms with van der Waals surface area (Å²) < 4.78 is 0. The van der Waals surface area contributed by atoms with Crippen molar-refractivity contribution in [2.45, 2.75) is 53.4 Å². The Morgan fingerprint density at radius 3 is 1.20 bits per heavy atom. The van der Waals surface area contributed by atoms with Crippen LogP contribution in [0.4, 0.5) is 34.6 Å². The Hall–Kier alpha value is -4.51. The van der Waals surface area contributed by atoms with Crippen LogP contribution in [-0.2, 0) is 25.7 Å². The van der Waals surface area contributed by atoms with Gasteiger partial charge in [0.15, 0.2) is 0 Å². The van der Waals surface area contributed by atoms with Crippen molar-refractivity contribution in [2.24, 2.45) is 0 Å². The van der Waals surface area contributed by atoms with Crippen LogP contribution in [0, 0.1) is 0 Å². The van der Waals surface area contributed by atoms with Crippen LogP contribution in [0.15, 0.2) is 103 Å². The van der Waals surface area contributed by atoms with Crippen LogP contribution in [0.25, 0.3) is 0 Å². The average Bonchev–Trinajstić information content (AvgIpc) is 3.02. The van der Waals surface area contributed by atoms with Crippen LogP contribution in [0.1, 0.15) is 50.2 Å². The molecule has 0 amide bonds. The predicted octanol–water partition coefficient (Wildman–Crippen LogP) is 9.06. The zero-order valence-corrected chi connectivity index (χ0v) is 23.9. The van der Waals surface area contributed by atoms with E-state index >= 15 is 0 Å². The van der Waals surface area contributed by atoms with Crippen molar-refractivity contribution in [2.75, 3.05) is 9.80 Å². The van der Waals surface area contributed by atoms with E-state index in [4.69, 9.17) is 15.0 Å². The minimum absolute atomic E-state index is 0.801. The standard InChI is InChI=1S/C35H37N5/c1-5-26-14-9-18-30(24-26)39(32-20-11-16-28(7-3)36-32)34-22-13-23-35(38-34)40(31-19-10-15-27(6-2)25-31)33-21-12-17-29(8-4)37-33/h9-25H,5-8H2,1-4H3. The Balaban J connectivity index is 1.69. The van der Waals surface area contributed by atoms with Crippen molar-refractivity contribution in [3.05, 3.63) is 126 Å². The third-order valence-corrected chi connectivity index (χ3v) is 7.10. The number of aryl methyl sites for hydroxylation is 4. The fourth-order valence-corrected chi connectivity index (χ4v) is 4.83. The van der Waals surface area contributed by atoms with Gasteiger partial charge in [-0.2, -0.15) is 0 Å². The molecule has 2 aromatic carbocycles. The van der Waals surface area contributed by atoms with E-state index in [2.05, 4.69) is 141 Å². The fraction of sp³-hybridized carbons (Fsp3) is 0.229. The minimum Gasteiger partial charge on any atom is -0.279 e. The highest BCUT2D eigenvalue weighted by molar-refractivity contribution is 5.77. The number of aromatic nitrogens is 3. The summed E-state index contributed by atoms with van der Waals surface area (Å²) >= 11 is 0. The lowest BCUT2D eigenvalue weighted by atomic mass is 10.1. The van der Waals surface area contributed by atoms with Gasteiger partial charge in [0.2, 0.25) is 0 Å². The van der Waals surface area contributed by atoms with Crippen molar-refractivity contribution < 1.29 is 0 Å². The maximum absolute atomic E-state index is 5.27. The van der Waals surface area contributed by atoms with Crippen molar-refractivity contribution in [1.82, 2.24) is 15.0 Å². The first kappa shape index (κ1) is 27.1. The van der Waals surface area contributed by atoms with E-state index in [0.29, 0.717) is 0 Å². The Bertz CT molecular complexity index is 1370. The second-order valence-corrected chi connectivity index (χ2v) is 9.75. The van der Waals surface area contributed by atoms with Gasteiger partial charge >= 0.3 is 0 Å². The van der Waals surface area contributed by atoms with Crippen molar-refractivity contribution in [1.29, 1.82) is 0 Å². The summed E-state index contributed by atoms with van der Waals surface area (Å²) in [5, 5.41) is 0. The third kappa shape index (κ3) is 5.89. The molecule has 0 saturated carbocycles. The lowest BCUT2D eigenvalue weighted by molar-refractivity contribution is 1.000. The summed E-state index contributed by atoms with van der Waals surface area (Å²) in [4.78, 5) is 19.6. The summed E-state index contributed by atoms with van der Waals surface area (Å²) in [6.45, 7) is 8.62. The van der Waals surface area contributed by atoms with E-state index in [1.165, 1.54) is 11.1 Å². The largest absolute Gasteiger partial charge is 0.279 e. The molecule has 5 heteroatoms. The molecule has 0 saturated heterocycles. The molecule has 0 spiro atoms. The van der Waals surface area contributed by atoms with Gasteiger partial charge < -0.3 is 0 Å². The van der Waals surface area contributed by atoms with Gasteiger partial charge in [0, 0.05) is 22.8 Å². The maximum Gasteiger partial charge on any atom is 0.141 e. The summed E-state index contributed by atoms with van der Waals surface area (Å²) in [5.41, 5.74) is 6.70. The van der Waals surface area contributed by atoms with Crippen molar-refractivity contribution >= 4 is 34.6 Å². The van der Waals surface area contributed by atoms with Crippen LogP contribution in [0.5, 0.6) is 0 Å². The Labute approximate surface area is 238 Å². The van der Waals surface area contributed by atoms with Gasteiger partial charge in [0.25, 0.3) is 0 Å². The van der Waals surface area contributed by atoms with Gasteiger partial charge in [-0.15, -0.1) is 0 Å². The molecule has 5 nitrogen and oxygen atoms in total. The zero-order chi connectivity index (χ0) is 27.9. The molecule has 202 valence electrons. The van der Waals surface area contributed by atoms with Gasteiger partial charge in [-0.1, -0.05) is 70.2 Å². The van der Waals surface area contributed by atoms with Gasteiger partial charge in [-0.05, 0) is 97.5 Å². The van der Waals surface area contributed by atoms with E-state index in [1.54, 1.807) is 0 Å². The van der Waals surface area contributed by atoms with Gasteiger partial charge in [0.05, 0.1) is 0 Å². The van der Waals surface area contributed by atoms with E-state index in [-0.39, 0.29) is 0 Å². The monoisotopic (exact) mass is 527 g/mol. The first-order valence-corrected chi connectivity index (χ1v) is 14.3. The molecule has 0 aliphatic heterocycles. The number of hydrogen-bond donors (Lipinski definition) is 0. The Morgan fingerprint density at radius 1 is 0.425 bits per heavy atom. The zero-order valence-electron chi connectivity index (χ0n) is 23.9. The molecule has 5 aromatic rings. The summed E-state index contributed by atoms with van der Waals surface area (Å²) in [7, 11) is 0. The highest BCUT2D eigenvalue weighted by atomic mass is 15.3. The van der Waals surface area contributed by atoms with E-state index < -0.39 is 0 Å².